The zero-order valence-electron chi connectivity index (χ0n) is 14.7. The zero-order valence-corrected chi connectivity index (χ0v) is 14.7. The number of likely N-dealkylation sites (tertiary alicyclic amines) is 1. The average Bonchev–Trinajstić information content (AvgIpc) is 2.62. The van der Waals surface area contributed by atoms with E-state index in [1.807, 2.05) is 25.1 Å². The second-order valence-electron chi connectivity index (χ2n) is 5.84. The number of aliphatic imine (C=N–C) groups is 1. The molecule has 2 rings (SSSR count). The third-order valence-electron chi connectivity index (χ3n) is 4.03. The summed E-state index contributed by atoms with van der Waals surface area (Å²) in [5, 5.41) is 3.33. The molecule has 2 heterocycles. The van der Waals surface area contributed by atoms with Gasteiger partial charge in [0.2, 0.25) is 0 Å². The first kappa shape index (κ1) is 18.2. The minimum atomic E-state index is -0.0912. The number of esters is 1. The molecule has 1 fully saturated rings. The smallest absolute Gasteiger partial charge is 0.310 e. The minimum Gasteiger partial charge on any atom is -0.466 e. The lowest BCUT2D eigenvalue weighted by Gasteiger charge is -2.34. The summed E-state index contributed by atoms with van der Waals surface area (Å²) in [5.74, 6) is 0.729. The largest absolute Gasteiger partial charge is 0.466 e. The molecule has 1 unspecified atom stereocenters. The van der Waals surface area contributed by atoms with E-state index >= 15 is 0 Å². The van der Waals surface area contributed by atoms with Crippen LogP contribution in [0.25, 0.3) is 0 Å². The van der Waals surface area contributed by atoms with Crippen molar-refractivity contribution in [1.82, 2.24) is 15.2 Å². The number of carbonyl (C=O) groups is 1. The highest BCUT2D eigenvalue weighted by Crippen LogP contribution is 2.18. The van der Waals surface area contributed by atoms with Gasteiger partial charge in [-0.25, -0.2) is 0 Å². The lowest BCUT2D eigenvalue weighted by atomic mass is 9.98. The van der Waals surface area contributed by atoms with E-state index in [9.17, 15) is 4.79 Å². The van der Waals surface area contributed by atoms with Crippen LogP contribution in [0.5, 0.6) is 0 Å². The van der Waals surface area contributed by atoms with Crippen LogP contribution in [0.3, 0.4) is 0 Å². The van der Waals surface area contributed by atoms with E-state index < -0.39 is 0 Å². The monoisotopic (exact) mass is 332 g/mol. The van der Waals surface area contributed by atoms with Gasteiger partial charge in [0.25, 0.3) is 0 Å². The quantitative estimate of drug-likeness (QED) is 0.489. The summed E-state index contributed by atoms with van der Waals surface area (Å²) in [6, 6.07) is 5.92. The fraction of sp³-hybridized carbons (Fsp3) is 0.611. The van der Waals surface area contributed by atoms with E-state index in [-0.39, 0.29) is 11.9 Å². The predicted octanol–water partition coefficient (Wildman–Crippen LogP) is 1.86. The van der Waals surface area contributed by atoms with E-state index in [4.69, 9.17) is 9.73 Å². The Bertz CT molecular complexity index is 533. The maximum absolute atomic E-state index is 12.0. The van der Waals surface area contributed by atoms with Crippen molar-refractivity contribution in [3.8, 4) is 0 Å². The fourth-order valence-electron chi connectivity index (χ4n) is 2.87. The number of rotatable bonds is 6. The van der Waals surface area contributed by atoms with Crippen molar-refractivity contribution in [2.24, 2.45) is 10.9 Å². The molecule has 1 atom stereocenters. The maximum Gasteiger partial charge on any atom is 0.310 e. The van der Waals surface area contributed by atoms with Crippen LogP contribution in [-0.4, -0.2) is 54.6 Å². The molecule has 1 aliphatic heterocycles. The van der Waals surface area contributed by atoms with E-state index in [0.29, 0.717) is 19.7 Å². The van der Waals surface area contributed by atoms with Gasteiger partial charge in [-0.2, -0.15) is 0 Å². The molecule has 0 aromatic carbocycles. The van der Waals surface area contributed by atoms with Crippen LogP contribution < -0.4 is 5.32 Å². The summed E-state index contributed by atoms with van der Waals surface area (Å²) >= 11 is 0. The van der Waals surface area contributed by atoms with Crippen molar-refractivity contribution in [3.05, 3.63) is 30.1 Å². The number of ether oxygens (including phenoxy) is 1. The molecule has 0 aliphatic carbocycles. The van der Waals surface area contributed by atoms with Crippen LogP contribution in [0.1, 0.15) is 32.4 Å². The molecule has 6 heteroatoms. The summed E-state index contributed by atoms with van der Waals surface area (Å²) < 4.78 is 5.17. The number of nitrogens with one attached hydrogen (secondary N) is 1. The first-order valence-electron chi connectivity index (χ1n) is 8.84. The topological polar surface area (TPSA) is 66.8 Å². The Morgan fingerprint density at radius 2 is 2.33 bits per heavy atom. The number of hydrogen-bond acceptors (Lipinski definition) is 4. The lowest BCUT2D eigenvalue weighted by Crippen LogP contribution is -2.48. The summed E-state index contributed by atoms with van der Waals surface area (Å²) in [5.41, 5.74) is 1.04. The number of piperidine rings is 1. The Labute approximate surface area is 144 Å². The van der Waals surface area contributed by atoms with Crippen LogP contribution in [0, 0.1) is 5.92 Å². The molecule has 0 amide bonds. The van der Waals surface area contributed by atoms with E-state index in [1.165, 1.54) is 0 Å². The Hall–Kier alpha value is -2.11. The van der Waals surface area contributed by atoms with Gasteiger partial charge in [0.15, 0.2) is 5.96 Å². The van der Waals surface area contributed by atoms with Gasteiger partial charge >= 0.3 is 5.97 Å². The number of aromatic nitrogens is 1. The molecule has 24 heavy (non-hydrogen) atoms. The minimum absolute atomic E-state index is 0.0571. The van der Waals surface area contributed by atoms with Crippen molar-refractivity contribution >= 4 is 11.9 Å². The molecule has 1 N–H and O–H groups in total. The van der Waals surface area contributed by atoms with Crippen LogP contribution >= 0.6 is 0 Å². The van der Waals surface area contributed by atoms with E-state index in [2.05, 4.69) is 22.1 Å². The summed E-state index contributed by atoms with van der Waals surface area (Å²) in [6.07, 6.45) is 4.49. The van der Waals surface area contributed by atoms with Gasteiger partial charge in [-0.15, -0.1) is 0 Å². The molecule has 132 valence electrons. The van der Waals surface area contributed by atoms with Gasteiger partial charge in [0, 0.05) is 44.5 Å². The number of hydrogen-bond donors (Lipinski definition) is 1. The number of nitrogens with zero attached hydrogens (tertiary/aromatic N) is 3. The average molecular weight is 332 g/mol. The standard InChI is InChI=1S/C18H28N4O2/c1-3-19-18(21-12-10-16-9-5-6-11-20-16)22-13-7-8-15(14-22)17(23)24-4-2/h5-6,9,11,15H,3-4,7-8,10,12-14H2,1-2H3,(H,19,21). The molecule has 1 aromatic heterocycles. The molecule has 1 aromatic rings. The van der Waals surface area contributed by atoms with Crippen LogP contribution in [-0.2, 0) is 16.0 Å². The number of carbonyl (C=O) groups excluding carboxylic acids is 1. The molecule has 0 radical (unpaired) electrons. The van der Waals surface area contributed by atoms with Crippen molar-refractivity contribution in [2.45, 2.75) is 33.1 Å². The van der Waals surface area contributed by atoms with Crippen molar-refractivity contribution in [3.63, 3.8) is 0 Å². The third-order valence-corrected chi connectivity index (χ3v) is 4.03. The van der Waals surface area contributed by atoms with Crippen LogP contribution in [0.2, 0.25) is 0 Å². The molecule has 1 aliphatic rings. The van der Waals surface area contributed by atoms with Gasteiger partial charge < -0.3 is 15.0 Å². The molecular weight excluding hydrogens is 304 g/mol. The second kappa shape index (κ2) is 9.90. The SMILES string of the molecule is CCNC(=NCCc1ccccn1)N1CCCC(C(=O)OCC)C1. The Morgan fingerprint density at radius 1 is 1.46 bits per heavy atom. The number of pyridine rings is 1. The van der Waals surface area contributed by atoms with Gasteiger partial charge in [-0.3, -0.25) is 14.8 Å². The zero-order chi connectivity index (χ0) is 17.2. The molecule has 1 saturated heterocycles. The highest BCUT2D eigenvalue weighted by molar-refractivity contribution is 5.81. The molecule has 0 spiro atoms. The van der Waals surface area contributed by atoms with E-state index in [1.54, 1.807) is 6.20 Å². The van der Waals surface area contributed by atoms with Gasteiger partial charge in [0.05, 0.1) is 12.5 Å². The maximum atomic E-state index is 12.0. The van der Waals surface area contributed by atoms with Gasteiger partial charge in [-0.05, 0) is 38.8 Å². The Balaban J connectivity index is 1.95. The van der Waals surface area contributed by atoms with Gasteiger partial charge in [0.1, 0.15) is 0 Å². The van der Waals surface area contributed by atoms with Crippen LogP contribution in [0.4, 0.5) is 0 Å². The second-order valence-corrected chi connectivity index (χ2v) is 5.84. The lowest BCUT2D eigenvalue weighted by molar-refractivity contribution is -0.149. The fourth-order valence-corrected chi connectivity index (χ4v) is 2.87. The van der Waals surface area contributed by atoms with E-state index in [0.717, 1.165) is 44.0 Å². The molecule has 0 bridgehead atoms. The molecule has 0 saturated carbocycles. The van der Waals surface area contributed by atoms with Crippen LogP contribution in [0.15, 0.2) is 29.4 Å². The first-order valence-corrected chi connectivity index (χ1v) is 8.84. The third kappa shape index (κ3) is 5.51. The molecular formula is C18H28N4O2. The summed E-state index contributed by atoms with van der Waals surface area (Å²) in [4.78, 5) is 23.2. The van der Waals surface area contributed by atoms with Crippen molar-refractivity contribution < 1.29 is 9.53 Å². The summed E-state index contributed by atoms with van der Waals surface area (Å²) in [6.45, 7) is 7.43. The van der Waals surface area contributed by atoms with Crippen molar-refractivity contribution in [1.29, 1.82) is 0 Å². The highest BCUT2D eigenvalue weighted by atomic mass is 16.5. The Kier molecular flexibility index (Phi) is 7.52. The normalized spacial score (nSPS) is 18.3. The predicted molar refractivity (Wildman–Crippen MR) is 94.8 cm³/mol. The number of guanidine groups is 1. The highest BCUT2D eigenvalue weighted by Gasteiger charge is 2.28. The van der Waals surface area contributed by atoms with Crippen molar-refractivity contribution in [2.75, 3.05) is 32.8 Å². The summed E-state index contributed by atoms with van der Waals surface area (Å²) in [7, 11) is 0. The molecule has 6 nitrogen and oxygen atoms in total. The van der Waals surface area contributed by atoms with Gasteiger partial charge in [-0.1, -0.05) is 6.07 Å². The Morgan fingerprint density at radius 3 is 3.04 bits per heavy atom. The first-order chi connectivity index (χ1) is 11.7.